The molecule has 2 aromatic rings. The van der Waals surface area contributed by atoms with Crippen molar-refractivity contribution in [3.05, 3.63) is 54.0 Å². The van der Waals surface area contributed by atoms with E-state index in [1.807, 2.05) is 11.8 Å². The van der Waals surface area contributed by atoms with Gasteiger partial charge in [0.05, 0.1) is 22.8 Å². The molecule has 1 saturated heterocycles. The Morgan fingerprint density at radius 2 is 1.93 bits per heavy atom. The highest BCUT2D eigenvalue weighted by Crippen LogP contribution is 2.30. The number of nitrogens with one attached hydrogen (secondary N) is 1. The summed E-state index contributed by atoms with van der Waals surface area (Å²) in [4.78, 5) is 1.70. The number of halogens is 3. The predicted octanol–water partition coefficient (Wildman–Crippen LogP) is 3.37. The first-order chi connectivity index (χ1) is 12.8. The van der Waals surface area contributed by atoms with Gasteiger partial charge in [-0.25, -0.2) is 13.1 Å². The van der Waals surface area contributed by atoms with E-state index in [0.717, 1.165) is 42.8 Å². The first-order valence-electron chi connectivity index (χ1n) is 8.29. The average Bonchev–Trinajstić information content (AvgIpc) is 3.16. The van der Waals surface area contributed by atoms with E-state index >= 15 is 0 Å². The van der Waals surface area contributed by atoms with E-state index in [1.54, 1.807) is 12.1 Å². The molecule has 0 amide bonds. The summed E-state index contributed by atoms with van der Waals surface area (Å²) in [7, 11) is -4.09. The Labute approximate surface area is 160 Å². The van der Waals surface area contributed by atoms with Crippen molar-refractivity contribution in [3.63, 3.8) is 0 Å². The third kappa shape index (κ3) is 5.07. The molecule has 1 N–H and O–H groups in total. The van der Waals surface area contributed by atoms with Gasteiger partial charge >= 0.3 is 6.18 Å². The van der Waals surface area contributed by atoms with E-state index in [1.165, 1.54) is 6.26 Å². The summed E-state index contributed by atoms with van der Waals surface area (Å²) in [5.74, 6) is 2.48. The Morgan fingerprint density at radius 3 is 2.56 bits per heavy atom. The molecule has 5 nitrogen and oxygen atoms in total. The summed E-state index contributed by atoms with van der Waals surface area (Å²) in [5.41, 5.74) is -0.999. The van der Waals surface area contributed by atoms with E-state index < -0.39 is 26.7 Å². The average molecular weight is 420 g/mol. The number of hydrogen-bond acceptors (Lipinski definition) is 5. The van der Waals surface area contributed by atoms with Gasteiger partial charge in [0, 0.05) is 31.1 Å². The van der Waals surface area contributed by atoms with Gasteiger partial charge in [0.15, 0.2) is 0 Å². The molecule has 1 fully saturated rings. The highest BCUT2D eigenvalue weighted by atomic mass is 32.2. The number of thioether (sulfide) groups is 1. The number of rotatable bonds is 6. The molecule has 1 aliphatic rings. The monoisotopic (exact) mass is 420 g/mol. The summed E-state index contributed by atoms with van der Waals surface area (Å²) < 4.78 is 71.5. The van der Waals surface area contributed by atoms with Crippen molar-refractivity contribution in [2.45, 2.75) is 17.1 Å². The molecule has 0 aliphatic carbocycles. The van der Waals surface area contributed by atoms with E-state index in [9.17, 15) is 21.6 Å². The van der Waals surface area contributed by atoms with Crippen molar-refractivity contribution >= 4 is 21.8 Å². The number of nitrogens with zero attached hydrogens (tertiary/aromatic N) is 1. The Balaban J connectivity index is 1.78. The first kappa shape index (κ1) is 20.2. The standard InChI is InChI=1S/C17H19F3N2O3S2/c18-17(19,20)13-3-1-4-14(11-13)27(23,24)21-12-15(16-5-2-8-25-16)22-6-9-26-10-7-22/h1-5,8,11,15,21H,6-7,9-10,12H2/t15-/m0/s1. The zero-order valence-corrected chi connectivity index (χ0v) is 15.9. The van der Waals surface area contributed by atoms with E-state index in [2.05, 4.69) is 9.62 Å². The molecule has 0 saturated carbocycles. The molecule has 1 atom stereocenters. The summed E-state index contributed by atoms with van der Waals surface area (Å²) in [6.07, 6.45) is -3.09. The van der Waals surface area contributed by atoms with Gasteiger partial charge in [-0.3, -0.25) is 4.90 Å². The van der Waals surface area contributed by atoms with Crippen LogP contribution in [0.5, 0.6) is 0 Å². The molecule has 148 valence electrons. The van der Waals surface area contributed by atoms with E-state index in [4.69, 9.17) is 4.42 Å². The fraction of sp³-hybridized carbons (Fsp3) is 0.412. The lowest BCUT2D eigenvalue weighted by atomic mass is 10.2. The van der Waals surface area contributed by atoms with Crippen molar-refractivity contribution in [1.82, 2.24) is 9.62 Å². The van der Waals surface area contributed by atoms with Crippen molar-refractivity contribution in [2.24, 2.45) is 0 Å². The number of furan rings is 1. The van der Waals surface area contributed by atoms with E-state index in [0.29, 0.717) is 11.8 Å². The smallest absolute Gasteiger partial charge is 0.416 e. The van der Waals surface area contributed by atoms with Crippen LogP contribution in [0.25, 0.3) is 0 Å². The molecule has 0 unspecified atom stereocenters. The number of sulfonamides is 1. The molecule has 2 heterocycles. The fourth-order valence-corrected chi connectivity index (χ4v) is 4.91. The van der Waals surface area contributed by atoms with Crippen LogP contribution in [0.15, 0.2) is 52.0 Å². The summed E-state index contributed by atoms with van der Waals surface area (Å²) in [5, 5.41) is 0. The van der Waals surface area contributed by atoms with Crippen LogP contribution in [0.1, 0.15) is 17.4 Å². The number of benzene rings is 1. The minimum atomic E-state index is -4.60. The van der Waals surface area contributed by atoms with Gasteiger partial charge < -0.3 is 4.42 Å². The van der Waals surface area contributed by atoms with Crippen molar-refractivity contribution < 1.29 is 26.0 Å². The van der Waals surface area contributed by atoms with Gasteiger partial charge in [-0.15, -0.1) is 0 Å². The molecule has 0 radical (unpaired) electrons. The van der Waals surface area contributed by atoms with Crippen molar-refractivity contribution in [3.8, 4) is 0 Å². The van der Waals surface area contributed by atoms with Gasteiger partial charge in [-0.1, -0.05) is 6.07 Å². The lowest BCUT2D eigenvalue weighted by Crippen LogP contribution is -2.41. The second-order valence-electron chi connectivity index (χ2n) is 6.06. The van der Waals surface area contributed by atoms with Gasteiger partial charge in [-0.2, -0.15) is 24.9 Å². The minimum Gasteiger partial charge on any atom is -0.468 e. The Bertz CT molecular complexity index is 849. The Kier molecular flexibility index (Phi) is 6.19. The second-order valence-corrected chi connectivity index (χ2v) is 9.05. The molecule has 3 rings (SSSR count). The quantitative estimate of drug-likeness (QED) is 0.777. The van der Waals surface area contributed by atoms with Crippen LogP contribution in [0.4, 0.5) is 13.2 Å². The topological polar surface area (TPSA) is 62.6 Å². The molecule has 1 aromatic carbocycles. The predicted molar refractivity (Wildman–Crippen MR) is 97.0 cm³/mol. The largest absolute Gasteiger partial charge is 0.468 e. The normalized spacial score (nSPS) is 17.7. The minimum absolute atomic E-state index is 0.0107. The molecule has 0 bridgehead atoms. The molecular weight excluding hydrogens is 401 g/mol. The molecule has 10 heteroatoms. The third-order valence-corrected chi connectivity index (χ3v) is 6.66. The Morgan fingerprint density at radius 1 is 1.19 bits per heavy atom. The zero-order valence-electron chi connectivity index (χ0n) is 14.3. The summed E-state index contributed by atoms with van der Waals surface area (Å²) in [6.45, 7) is 1.57. The fourth-order valence-electron chi connectivity index (χ4n) is 2.89. The van der Waals surface area contributed by atoms with Gasteiger partial charge in [0.25, 0.3) is 0 Å². The van der Waals surface area contributed by atoms with E-state index in [-0.39, 0.29) is 12.6 Å². The van der Waals surface area contributed by atoms with Crippen LogP contribution in [0.3, 0.4) is 0 Å². The first-order valence-corrected chi connectivity index (χ1v) is 10.9. The Hall–Kier alpha value is -1.49. The maximum atomic E-state index is 12.9. The third-order valence-electron chi connectivity index (χ3n) is 4.30. The van der Waals surface area contributed by atoms with Crippen molar-refractivity contribution in [1.29, 1.82) is 0 Å². The van der Waals surface area contributed by atoms with Crippen LogP contribution in [0, 0.1) is 0 Å². The molecule has 0 spiro atoms. The van der Waals surface area contributed by atoms with Crippen molar-refractivity contribution in [2.75, 3.05) is 31.1 Å². The lowest BCUT2D eigenvalue weighted by molar-refractivity contribution is -0.137. The molecule has 27 heavy (non-hydrogen) atoms. The van der Waals surface area contributed by atoms with Crippen LogP contribution in [0.2, 0.25) is 0 Å². The maximum Gasteiger partial charge on any atom is 0.416 e. The second kappa shape index (κ2) is 8.26. The van der Waals surface area contributed by atoms with Gasteiger partial charge in [0.1, 0.15) is 5.76 Å². The molecular formula is C17H19F3N2O3S2. The van der Waals surface area contributed by atoms with Crippen LogP contribution in [-0.2, 0) is 16.2 Å². The molecule has 1 aromatic heterocycles. The number of alkyl halides is 3. The molecule has 1 aliphatic heterocycles. The highest BCUT2D eigenvalue weighted by Gasteiger charge is 2.32. The summed E-state index contributed by atoms with van der Waals surface area (Å²) >= 11 is 1.82. The number of hydrogen-bond donors (Lipinski definition) is 1. The summed E-state index contributed by atoms with van der Waals surface area (Å²) in [6, 6.07) is 6.90. The zero-order chi connectivity index (χ0) is 19.5. The van der Waals surface area contributed by atoms with Gasteiger partial charge in [0.2, 0.25) is 10.0 Å². The van der Waals surface area contributed by atoms with Crippen LogP contribution < -0.4 is 4.72 Å². The van der Waals surface area contributed by atoms with Crippen LogP contribution in [-0.4, -0.2) is 44.5 Å². The SMILES string of the molecule is O=S(=O)(NC[C@@H](c1ccco1)N1CCSCC1)c1cccc(C(F)(F)F)c1. The van der Waals surface area contributed by atoms with Crippen LogP contribution >= 0.6 is 11.8 Å². The maximum absolute atomic E-state index is 12.9. The van der Waals surface area contributed by atoms with Gasteiger partial charge in [-0.05, 0) is 30.3 Å². The highest BCUT2D eigenvalue weighted by molar-refractivity contribution is 7.99. The lowest BCUT2D eigenvalue weighted by Gasteiger charge is -2.33.